The van der Waals surface area contributed by atoms with Crippen LogP contribution in [0.15, 0.2) is 97.1 Å². The molecule has 3 aromatic carbocycles. The van der Waals surface area contributed by atoms with Gasteiger partial charge in [-0.05, 0) is 17.7 Å². The predicted molar refractivity (Wildman–Crippen MR) is 142 cm³/mol. The summed E-state index contributed by atoms with van der Waals surface area (Å²) in [7, 11) is 1.72. The molecule has 2 atom stereocenters. The lowest BCUT2D eigenvalue weighted by molar-refractivity contribution is 0.159. The van der Waals surface area contributed by atoms with Crippen molar-refractivity contribution in [3.05, 3.63) is 103 Å². The Hall–Kier alpha value is -3.94. The fraction of sp³-hybridized carbons (Fsp3) is 0.241. The van der Waals surface area contributed by atoms with Crippen molar-refractivity contribution in [1.82, 2.24) is 20.0 Å². The third-order valence-corrected chi connectivity index (χ3v) is 6.57. The lowest BCUT2D eigenvalue weighted by Gasteiger charge is -2.20. The predicted octanol–water partition coefficient (Wildman–Crippen LogP) is 4.78. The smallest absolute Gasteiger partial charge is 0.320 e. The Bertz CT molecular complexity index is 1260. The second-order valence-electron chi connectivity index (χ2n) is 9.00. The number of ether oxygens (including phenoxy) is 1. The molecular formula is C29H31N5O2. The molecule has 1 aliphatic heterocycles. The number of methoxy groups -OCH3 is 1. The third kappa shape index (κ3) is 5.48. The summed E-state index contributed by atoms with van der Waals surface area (Å²) < 4.78 is 7.06. The summed E-state index contributed by atoms with van der Waals surface area (Å²) in [6.07, 6.45) is 0. The molecule has 4 aromatic rings. The molecule has 36 heavy (non-hydrogen) atoms. The summed E-state index contributed by atoms with van der Waals surface area (Å²) in [5.41, 5.74) is 3.89. The van der Waals surface area contributed by atoms with Crippen LogP contribution in [-0.4, -0.2) is 60.1 Å². The van der Waals surface area contributed by atoms with Crippen LogP contribution in [-0.2, 0) is 4.74 Å². The zero-order chi connectivity index (χ0) is 24.7. The van der Waals surface area contributed by atoms with Crippen LogP contribution in [0.5, 0.6) is 0 Å². The Morgan fingerprint density at radius 1 is 0.944 bits per heavy atom. The largest absolute Gasteiger partial charge is 0.383 e. The van der Waals surface area contributed by atoms with Gasteiger partial charge in [-0.15, -0.1) is 0 Å². The highest BCUT2D eigenvalue weighted by Gasteiger charge is 2.34. The Balaban J connectivity index is 1.37. The first-order chi connectivity index (χ1) is 17.7. The Morgan fingerprint density at radius 2 is 1.61 bits per heavy atom. The van der Waals surface area contributed by atoms with E-state index < -0.39 is 0 Å². The van der Waals surface area contributed by atoms with Gasteiger partial charge >= 0.3 is 6.03 Å². The van der Waals surface area contributed by atoms with E-state index in [-0.39, 0.29) is 18.0 Å². The molecular weight excluding hydrogens is 450 g/mol. The maximum atomic E-state index is 13.3. The summed E-state index contributed by atoms with van der Waals surface area (Å²) in [6.45, 7) is 3.14. The average molecular weight is 482 g/mol. The van der Waals surface area contributed by atoms with E-state index in [1.807, 2.05) is 84.9 Å². The van der Waals surface area contributed by atoms with E-state index in [1.54, 1.807) is 11.8 Å². The Kier molecular flexibility index (Phi) is 7.40. The summed E-state index contributed by atoms with van der Waals surface area (Å²) in [5, 5.41) is 11.1. The van der Waals surface area contributed by atoms with E-state index in [1.165, 1.54) is 5.56 Å². The number of benzene rings is 3. The number of para-hydroxylation sites is 1. The van der Waals surface area contributed by atoms with E-state index in [9.17, 15) is 4.79 Å². The first kappa shape index (κ1) is 23.8. The number of rotatable bonds is 8. The van der Waals surface area contributed by atoms with E-state index >= 15 is 0 Å². The van der Waals surface area contributed by atoms with Crippen molar-refractivity contribution < 1.29 is 9.53 Å². The standard InChI is InChI=1S/C29H31N5O2/c1-36-18-17-33-20-25(22-11-5-2-6-12-22)27(21-33)30-29(35)31-28-19-26(23-13-7-3-8-14-23)32-34(28)24-15-9-4-10-16-24/h2-16,19,25,27H,17-18,20-21H2,1H3,(H2,30,31,35)/t25-,27+/m1/s1. The van der Waals surface area contributed by atoms with Crippen molar-refractivity contribution in [1.29, 1.82) is 0 Å². The molecule has 1 aromatic heterocycles. The third-order valence-electron chi connectivity index (χ3n) is 6.57. The fourth-order valence-electron chi connectivity index (χ4n) is 4.78. The molecule has 0 unspecified atom stereocenters. The number of anilines is 1. The molecule has 7 heteroatoms. The number of aromatic nitrogens is 2. The minimum Gasteiger partial charge on any atom is -0.383 e. The topological polar surface area (TPSA) is 71.4 Å². The van der Waals surface area contributed by atoms with Crippen molar-refractivity contribution in [3.63, 3.8) is 0 Å². The van der Waals surface area contributed by atoms with Crippen LogP contribution in [0.3, 0.4) is 0 Å². The molecule has 0 aliphatic carbocycles. The first-order valence-corrected chi connectivity index (χ1v) is 12.3. The van der Waals surface area contributed by atoms with Gasteiger partial charge in [0, 0.05) is 44.3 Å². The van der Waals surface area contributed by atoms with Gasteiger partial charge < -0.3 is 10.1 Å². The van der Waals surface area contributed by atoms with Crippen molar-refractivity contribution in [3.8, 4) is 16.9 Å². The van der Waals surface area contributed by atoms with Crippen LogP contribution < -0.4 is 10.6 Å². The summed E-state index contributed by atoms with van der Waals surface area (Å²) in [4.78, 5) is 15.6. The normalized spacial score (nSPS) is 17.7. The number of urea groups is 1. The minimum atomic E-state index is -0.244. The quantitative estimate of drug-likeness (QED) is 0.380. The Morgan fingerprint density at radius 3 is 2.31 bits per heavy atom. The van der Waals surface area contributed by atoms with Crippen LogP contribution in [0.1, 0.15) is 11.5 Å². The van der Waals surface area contributed by atoms with Gasteiger partial charge in [0.25, 0.3) is 0 Å². The second kappa shape index (κ2) is 11.2. The molecule has 1 saturated heterocycles. The van der Waals surface area contributed by atoms with Gasteiger partial charge in [-0.2, -0.15) is 5.10 Å². The molecule has 0 saturated carbocycles. The maximum absolute atomic E-state index is 13.3. The van der Waals surface area contributed by atoms with Crippen molar-refractivity contribution in [2.45, 2.75) is 12.0 Å². The number of carbonyl (C=O) groups excluding carboxylic acids is 1. The molecule has 0 bridgehead atoms. The second-order valence-corrected chi connectivity index (χ2v) is 9.00. The fourth-order valence-corrected chi connectivity index (χ4v) is 4.78. The highest BCUT2D eigenvalue weighted by molar-refractivity contribution is 5.89. The number of carbonyl (C=O) groups is 1. The summed E-state index contributed by atoms with van der Waals surface area (Å²) >= 11 is 0. The van der Waals surface area contributed by atoms with Gasteiger partial charge in [0.2, 0.25) is 0 Å². The monoisotopic (exact) mass is 481 g/mol. The highest BCUT2D eigenvalue weighted by atomic mass is 16.5. The van der Waals surface area contributed by atoms with Gasteiger partial charge in [-0.25, -0.2) is 9.48 Å². The van der Waals surface area contributed by atoms with Gasteiger partial charge in [0.15, 0.2) is 0 Å². The van der Waals surface area contributed by atoms with Crippen LogP contribution in [0.2, 0.25) is 0 Å². The minimum absolute atomic E-state index is 0.0223. The summed E-state index contributed by atoms with van der Waals surface area (Å²) in [6, 6.07) is 31.8. The maximum Gasteiger partial charge on any atom is 0.320 e. The van der Waals surface area contributed by atoms with Crippen LogP contribution in [0.4, 0.5) is 10.6 Å². The average Bonchev–Trinajstić information content (AvgIpc) is 3.53. The molecule has 0 radical (unpaired) electrons. The van der Waals surface area contributed by atoms with E-state index in [0.717, 1.165) is 36.6 Å². The SMILES string of the molecule is COCCN1C[C@H](NC(=O)Nc2cc(-c3ccccc3)nn2-c2ccccc2)[C@@H](c2ccccc2)C1. The lowest BCUT2D eigenvalue weighted by atomic mass is 9.94. The molecule has 2 N–H and O–H groups in total. The number of nitrogens with one attached hydrogen (secondary N) is 2. The summed E-state index contributed by atoms with van der Waals surface area (Å²) in [5.74, 6) is 0.816. The van der Waals surface area contributed by atoms with Crippen molar-refractivity contribution in [2.24, 2.45) is 0 Å². The molecule has 1 fully saturated rings. The van der Waals surface area contributed by atoms with Crippen LogP contribution >= 0.6 is 0 Å². The first-order valence-electron chi connectivity index (χ1n) is 12.3. The zero-order valence-corrected chi connectivity index (χ0v) is 20.4. The molecule has 7 nitrogen and oxygen atoms in total. The van der Waals surface area contributed by atoms with E-state index in [2.05, 4.69) is 27.7 Å². The van der Waals surface area contributed by atoms with Crippen molar-refractivity contribution >= 4 is 11.8 Å². The number of likely N-dealkylation sites (tertiary alicyclic amines) is 1. The van der Waals surface area contributed by atoms with E-state index in [4.69, 9.17) is 9.84 Å². The molecule has 1 aliphatic rings. The Labute approximate surface area is 211 Å². The highest BCUT2D eigenvalue weighted by Crippen LogP contribution is 2.28. The zero-order valence-electron chi connectivity index (χ0n) is 20.4. The molecule has 5 rings (SSSR count). The lowest BCUT2D eigenvalue weighted by Crippen LogP contribution is -2.42. The van der Waals surface area contributed by atoms with Gasteiger partial charge in [-0.3, -0.25) is 10.2 Å². The number of hydrogen-bond acceptors (Lipinski definition) is 4. The van der Waals surface area contributed by atoms with Gasteiger partial charge in [0.05, 0.1) is 24.0 Å². The van der Waals surface area contributed by atoms with E-state index in [0.29, 0.717) is 12.4 Å². The van der Waals surface area contributed by atoms with Gasteiger partial charge in [-0.1, -0.05) is 78.9 Å². The molecule has 0 spiro atoms. The number of nitrogens with zero attached hydrogens (tertiary/aromatic N) is 3. The van der Waals surface area contributed by atoms with Crippen molar-refractivity contribution in [2.75, 3.05) is 38.7 Å². The van der Waals surface area contributed by atoms with Crippen LogP contribution in [0, 0.1) is 0 Å². The number of amides is 2. The molecule has 2 heterocycles. The number of hydrogen-bond donors (Lipinski definition) is 2. The van der Waals surface area contributed by atoms with Gasteiger partial charge in [0.1, 0.15) is 5.82 Å². The molecule has 184 valence electrons. The van der Waals surface area contributed by atoms with Crippen LogP contribution in [0.25, 0.3) is 16.9 Å². The molecule has 2 amide bonds.